The molecule has 1 heterocycles. The molecule has 0 aromatic heterocycles. The summed E-state index contributed by atoms with van der Waals surface area (Å²) in [5.74, 6) is 0.236. The van der Waals surface area contributed by atoms with E-state index in [1.54, 1.807) is 30.0 Å². The van der Waals surface area contributed by atoms with E-state index in [1.807, 2.05) is 0 Å². The Balaban J connectivity index is 2.44. The molecule has 14 heavy (non-hydrogen) atoms. The second-order valence-electron chi connectivity index (χ2n) is 3.30. The molecule has 0 fully saturated rings. The summed E-state index contributed by atoms with van der Waals surface area (Å²) in [6.07, 6.45) is 0. The summed E-state index contributed by atoms with van der Waals surface area (Å²) in [6, 6.07) is 4.96. The molecular weight excluding hydrogens is 180 g/mol. The molecule has 4 heteroatoms. The van der Waals surface area contributed by atoms with Gasteiger partial charge < -0.3 is 15.3 Å². The fourth-order valence-electron chi connectivity index (χ4n) is 1.65. The van der Waals surface area contributed by atoms with Gasteiger partial charge in [0.25, 0.3) is 0 Å². The molecule has 0 bridgehead atoms. The average Bonchev–Trinajstić information content (AvgIpc) is 2.16. The van der Waals surface area contributed by atoms with Crippen molar-refractivity contribution >= 4 is 17.3 Å². The first kappa shape index (κ1) is 8.87. The summed E-state index contributed by atoms with van der Waals surface area (Å²) in [5.41, 5.74) is 1.65. The Morgan fingerprint density at radius 2 is 2.36 bits per heavy atom. The molecular formula is C10H12N2O2. The summed E-state index contributed by atoms with van der Waals surface area (Å²) in [6.45, 7) is 2.94. The van der Waals surface area contributed by atoms with E-state index in [-0.39, 0.29) is 11.7 Å². The average molecular weight is 192 g/mol. The Morgan fingerprint density at radius 1 is 1.57 bits per heavy atom. The summed E-state index contributed by atoms with van der Waals surface area (Å²) < 4.78 is 0. The monoisotopic (exact) mass is 192 g/mol. The Bertz CT molecular complexity index is 376. The van der Waals surface area contributed by atoms with Gasteiger partial charge in [0.15, 0.2) is 0 Å². The number of anilines is 2. The molecule has 0 saturated carbocycles. The van der Waals surface area contributed by atoms with Crippen molar-refractivity contribution in [1.82, 2.24) is 0 Å². The van der Waals surface area contributed by atoms with Crippen LogP contribution in [0, 0.1) is 0 Å². The van der Waals surface area contributed by atoms with Crippen molar-refractivity contribution in [3.05, 3.63) is 18.2 Å². The minimum absolute atomic E-state index is 0.0263. The first-order chi connectivity index (χ1) is 6.68. The topological polar surface area (TPSA) is 52.6 Å². The first-order valence-corrected chi connectivity index (χ1v) is 4.53. The Labute approximate surface area is 82.2 Å². The molecule has 1 amide bonds. The molecule has 2 rings (SSSR count). The third kappa shape index (κ3) is 1.39. The van der Waals surface area contributed by atoms with Crippen molar-refractivity contribution in [2.24, 2.45) is 0 Å². The molecule has 0 atom stereocenters. The fourth-order valence-corrected chi connectivity index (χ4v) is 1.65. The smallest absolute Gasteiger partial charge is 0.223 e. The van der Waals surface area contributed by atoms with Gasteiger partial charge in [-0.2, -0.15) is 0 Å². The summed E-state index contributed by atoms with van der Waals surface area (Å²) >= 11 is 0. The van der Waals surface area contributed by atoms with Gasteiger partial charge in [0.2, 0.25) is 5.91 Å². The van der Waals surface area contributed by atoms with Gasteiger partial charge >= 0.3 is 0 Å². The Kier molecular flexibility index (Phi) is 2.04. The van der Waals surface area contributed by atoms with E-state index in [1.165, 1.54) is 0 Å². The standard InChI is InChI=1S/C10H12N2O2/c1-7(13)12-5-4-11-9-6-8(14)2-3-10(9)12/h2-3,6,11,14H,4-5H2,1H3. The van der Waals surface area contributed by atoms with Crippen LogP contribution in [0.1, 0.15) is 6.92 Å². The number of carbonyl (C=O) groups excluding carboxylic acids is 1. The van der Waals surface area contributed by atoms with Crippen LogP contribution in [0.25, 0.3) is 0 Å². The molecule has 1 aliphatic heterocycles. The minimum Gasteiger partial charge on any atom is -0.508 e. The molecule has 1 aliphatic rings. The van der Waals surface area contributed by atoms with E-state index in [0.29, 0.717) is 6.54 Å². The van der Waals surface area contributed by atoms with Gasteiger partial charge in [-0.05, 0) is 12.1 Å². The molecule has 1 aromatic carbocycles. The number of phenols is 1. The maximum absolute atomic E-state index is 11.3. The largest absolute Gasteiger partial charge is 0.508 e. The van der Waals surface area contributed by atoms with Gasteiger partial charge in [-0.3, -0.25) is 4.79 Å². The molecule has 0 spiro atoms. The lowest BCUT2D eigenvalue weighted by Crippen LogP contribution is -2.37. The molecule has 2 N–H and O–H groups in total. The van der Waals surface area contributed by atoms with E-state index in [2.05, 4.69) is 5.32 Å². The minimum atomic E-state index is 0.0263. The number of aromatic hydroxyl groups is 1. The highest BCUT2D eigenvalue weighted by molar-refractivity contribution is 5.96. The number of benzene rings is 1. The molecule has 0 radical (unpaired) electrons. The van der Waals surface area contributed by atoms with Crippen LogP contribution in [-0.2, 0) is 4.79 Å². The lowest BCUT2D eigenvalue weighted by atomic mass is 10.2. The number of nitrogens with zero attached hydrogens (tertiary/aromatic N) is 1. The molecule has 4 nitrogen and oxygen atoms in total. The molecule has 0 unspecified atom stereocenters. The number of amides is 1. The van der Waals surface area contributed by atoms with Crippen molar-refractivity contribution in [2.75, 3.05) is 23.3 Å². The number of hydrogen-bond acceptors (Lipinski definition) is 3. The van der Waals surface area contributed by atoms with E-state index >= 15 is 0 Å². The van der Waals surface area contributed by atoms with Gasteiger partial charge in [0.1, 0.15) is 5.75 Å². The third-order valence-corrected chi connectivity index (χ3v) is 2.30. The van der Waals surface area contributed by atoms with Gasteiger partial charge in [-0.25, -0.2) is 0 Å². The van der Waals surface area contributed by atoms with E-state index in [0.717, 1.165) is 17.9 Å². The maximum atomic E-state index is 11.3. The van der Waals surface area contributed by atoms with Crippen molar-refractivity contribution < 1.29 is 9.90 Å². The van der Waals surface area contributed by atoms with Crippen molar-refractivity contribution in [3.63, 3.8) is 0 Å². The van der Waals surface area contributed by atoms with Crippen LogP contribution < -0.4 is 10.2 Å². The van der Waals surface area contributed by atoms with E-state index < -0.39 is 0 Å². The number of nitrogens with one attached hydrogen (secondary N) is 1. The van der Waals surface area contributed by atoms with Crippen LogP contribution in [0.15, 0.2) is 18.2 Å². The van der Waals surface area contributed by atoms with Crippen molar-refractivity contribution in [3.8, 4) is 5.75 Å². The fraction of sp³-hybridized carbons (Fsp3) is 0.300. The number of hydrogen-bond donors (Lipinski definition) is 2. The Morgan fingerprint density at radius 3 is 3.07 bits per heavy atom. The van der Waals surface area contributed by atoms with Crippen LogP contribution in [-0.4, -0.2) is 24.1 Å². The number of carbonyl (C=O) groups is 1. The number of rotatable bonds is 0. The summed E-state index contributed by atoms with van der Waals surface area (Å²) in [5, 5.41) is 12.4. The third-order valence-electron chi connectivity index (χ3n) is 2.30. The van der Waals surface area contributed by atoms with Crippen LogP contribution in [0.2, 0.25) is 0 Å². The second kappa shape index (κ2) is 3.21. The highest BCUT2D eigenvalue weighted by Gasteiger charge is 2.19. The lowest BCUT2D eigenvalue weighted by Gasteiger charge is -2.29. The van der Waals surface area contributed by atoms with Crippen molar-refractivity contribution in [2.45, 2.75) is 6.92 Å². The highest BCUT2D eigenvalue weighted by atomic mass is 16.3. The molecule has 0 aliphatic carbocycles. The summed E-state index contributed by atoms with van der Waals surface area (Å²) in [7, 11) is 0. The predicted octanol–water partition coefficient (Wildman–Crippen LogP) is 1.17. The number of phenolic OH excluding ortho intramolecular Hbond substituents is 1. The van der Waals surface area contributed by atoms with E-state index in [4.69, 9.17) is 0 Å². The predicted molar refractivity (Wildman–Crippen MR) is 54.6 cm³/mol. The first-order valence-electron chi connectivity index (χ1n) is 4.53. The van der Waals surface area contributed by atoms with Crippen LogP contribution in [0.3, 0.4) is 0 Å². The lowest BCUT2D eigenvalue weighted by molar-refractivity contribution is -0.116. The number of fused-ring (bicyclic) bond motifs is 1. The van der Waals surface area contributed by atoms with Crippen molar-refractivity contribution in [1.29, 1.82) is 0 Å². The Hall–Kier alpha value is -1.71. The zero-order valence-electron chi connectivity index (χ0n) is 7.95. The molecule has 74 valence electrons. The molecule has 1 aromatic rings. The van der Waals surface area contributed by atoms with Crippen LogP contribution >= 0.6 is 0 Å². The van der Waals surface area contributed by atoms with Crippen LogP contribution in [0.5, 0.6) is 5.75 Å². The zero-order chi connectivity index (χ0) is 10.1. The second-order valence-corrected chi connectivity index (χ2v) is 3.30. The highest BCUT2D eigenvalue weighted by Crippen LogP contribution is 2.31. The zero-order valence-corrected chi connectivity index (χ0v) is 7.95. The normalized spacial score (nSPS) is 14.5. The summed E-state index contributed by atoms with van der Waals surface area (Å²) in [4.78, 5) is 13.0. The van der Waals surface area contributed by atoms with Gasteiger partial charge in [-0.1, -0.05) is 0 Å². The van der Waals surface area contributed by atoms with Gasteiger partial charge in [0.05, 0.1) is 11.4 Å². The molecule has 0 saturated heterocycles. The van der Waals surface area contributed by atoms with E-state index in [9.17, 15) is 9.90 Å². The maximum Gasteiger partial charge on any atom is 0.223 e. The van der Waals surface area contributed by atoms with Gasteiger partial charge in [0, 0.05) is 26.1 Å². The van der Waals surface area contributed by atoms with Gasteiger partial charge in [-0.15, -0.1) is 0 Å². The quantitative estimate of drug-likeness (QED) is 0.648. The SMILES string of the molecule is CC(=O)N1CCNc2cc(O)ccc21. The van der Waals surface area contributed by atoms with Crippen LogP contribution in [0.4, 0.5) is 11.4 Å².